The van der Waals surface area contributed by atoms with Gasteiger partial charge in [-0.2, -0.15) is 26.3 Å². The number of aryl methyl sites for hydroxylation is 1. The van der Waals surface area contributed by atoms with Gasteiger partial charge in [-0.15, -0.1) is 0 Å². The molecular formula is C21H22F6N2O2. The van der Waals surface area contributed by atoms with Crippen molar-refractivity contribution in [1.29, 1.82) is 0 Å². The minimum absolute atomic E-state index is 0.0491. The molecule has 1 aliphatic heterocycles. The lowest BCUT2D eigenvalue weighted by atomic mass is 9.91. The monoisotopic (exact) mass is 448 g/mol. The van der Waals surface area contributed by atoms with E-state index in [1.807, 2.05) is 13.8 Å². The first-order valence-corrected chi connectivity index (χ1v) is 9.48. The van der Waals surface area contributed by atoms with Gasteiger partial charge in [0.05, 0.1) is 6.54 Å². The van der Waals surface area contributed by atoms with E-state index in [9.17, 15) is 36.2 Å². The summed E-state index contributed by atoms with van der Waals surface area (Å²) in [7, 11) is 0. The van der Waals surface area contributed by atoms with Crippen molar-refractivity contribution in [3.8, 4) is 0 Å². The largest absolute Gasteiger partial charge is 0.430 e. The zero-order chi connectivity index (χ0) is 23.6. The minimum Gasteiger partial charge on any atom is -0.399 e. The SMILES string of the molecule is CC.Nc1ccc2c(c1)CCC(=O)N2Cc1ccc(C(O)(C(F)(F)F)C(F)(F)F)cc1. The number of aliphatic hydroxyl groups is 1. The van der Waals surface area contributed by atoms with Gasteiger partial charge in [-0.05, 0) is 35.7 Å². The number of carbonyl (C=O) groups is 1. The summed E-state index contributed by atoms with van der Waals surface area (Å²) in [6.45, 7) is 3.95. The van der Waals surface area contributed by atoms with Gasteiger partial charge >= 0.3 is 12.4 Å². The van der Waals surface area contributed by atoms with Crippen LogP contribution in [0.5, 0.6) is 0 Å². The van der Waals surface area contributed by atoms with Crippen LogP contribution in [0.2, 0.25) is 0 Å². The molecule has 0 spiro atoms. The van der Waals surface area contributed by atoms with E-state index in [1.54, 1.807) is 18.2 Å². The molecule has 2 aromatic carbocycles. The molecule has 0 aliphatic carbocycles. The van der Waals surface area contributed by atoms with Crippen molar-refractivity contribution in [1.82, 2.24) is 0 Å². The van der Waals surface area contributed by atoms with E-state index in [1.165, 1.54) is 4.90 Å². The van der Waals surface area contributed by atoms with Crippen LogP contribution in [0.25, 0.3) is 0 Å². The molecule has 10 heteroatoms. The van der Waals surface area contributed by atoms with Gasteiger partial charge in [-0.25, -0.2) is 0 Å². The topological polar surface area (TPSA) is 66.6 Å². The number of hydrogen-bond acceptors (Lipinski definition) is 3. The van der Waals surface area contributed by atoms with Gasteiger partial charge in [-0.3, -0.25) is 4.79 Å². The molecule has 31 heavy (non-hydrogen) atoms. The summed E-state index contributed by atoms with van der Waals surface area (Å²) < 4.78 is 77.9. The average molecular weight is 448 g/mol. The number of carbonyl (C=O) groups excluding carboxylic acids is 1. The maximum absolute atomic E-state index is 13.0. The van der Waals surface area contributed by atoms with E-state index < -0.39 is 23.5 Å². The van der Waals surface area contributed by atoms with Crippen LogP contribution in [-0.4, -0.2) is 23.4 Å². The molecule has 0 radical (unpaired) electrons. The van der Waals surface area contributed by atoms with E-state index in [0.717, 1.165) is 17.7 Å². The van der Waals surface area contributed by atoms with Crippen LogP contribution < -0.4 is 10.6 Å². The minimum atomic E-state index is -5.95. The predicted molar refractivity (Wildman–Crippen MR) is 104 cm³/mol. The van der Waals surface area contributed by atoms with E-state index in [-0.39, 0.29) is 18.9 Å². The summed E-state index contributed by atoms with van der Waals surface area (Å²) in [5.74, 6) is -0.228. The van der Waals surface area contributed by atoms with Gasteiger partial charge in [0.25, 0.3) is 5.60 Å². The lowest BCUT2D eigenvalue weighted by molar-refractivity contribution is -0.376. The highest BCUT2D eigenvalue weighted by atomic mass is 19.4. The highest BCUT2D eigenvalue weighted by molar-refractivity contribution is 5.96. The zero-order valence-electron chi connectivity index (χ0n) is 16.8. The molecule has 0 aromatic heterocycles. The molecule has 0 saturated carbocycles. The fraction of sp³-hybridized carbons (Fsp3) is 0.381. The molecule has 1 amide bonds. The van der Waals surface area contributed by atoms with Crippen LogP contribution in [0.3, 0.4) is 0 Å². The first-order chi connectivity index (χ1) is 14.3. The number of anilines is 2. The standard InChI is InChI=1S/C19H16F6N2O2.C2H6/c20-18(21,22)17(29,19(23,24)25)13-4-1-11(2-5-13)10-27-15-7-6-14(26)9-12(15)3-8-16(27)28;1-2/h1-2,4-7,9,29H,3,8,10,26H2;1-2H3. The Labute approximate surface area is 175 Å². The molecule has 4 nitrogen and oxygen atoms in total. The second kappa shape index (κ2) is 8.78. The van der Waals surface area contributed by atoms with Gasteiger partial charge in [0.2, 0.25) is 5.91 Å². The van der Waals surface area contributed by atoms with Crippen molar-refractivity contribution in [2.24, 2.45) is 0 Å². The van der Waals surface area contributed by atoms with Crippen LogP contribution in [-0.2, 0) is 23.4 Å². The number of alkyl halides is 6. The second-order valence-electron chi connectivity index (χ2n) is 6.77. The molecule has 3 rings (SSSR count). The molecule has 0 unspecified atom stereocenters. The summed E-state index contributed by atoms with van der Waals surface area (Å²) in [6.07, 6.45) is -11.2. The number of nitrogen functional groups attached to an aromatic ring is 1. The van der Waals surface area contributed by atoms with Crippen LogP contribution in [0.4, 0.5) is 37.7 Å². The number of fused-ring (bicyclic) bond motifs is 1. The van der Waals surface area contributed by atoms with E-state index >= 15 is 0 Å². The number of benzene rings is 2. The summed E-state index contributed by atoms with van der Waals surface area (Å²) >= 11 is 0. The Kier molecular flexibility index (Phi) is 6.94. The third kappa shape index (κ3) is 4.63. The molecule has 170 valence electrons. The fourth-order valence-corrected chi connectivity index (χ4v) is 3.28. The first kappa shape index (κ1) is 24.5. The summed E-state index contributed by atoms with van der Waals surface area (Å²) in [6, 6.07) is 8.13. The Morgan fingerprint density at radius 3 is 2.00 bits per heavy atom. The third-order valence-electron chi connectivity index (χ3n) is 4.84. The molecule has 1 aliphatic rings. The second-order valence-corrected chi connectivity index (χ2v) is 6.77. The highest BCUT2D eigenvalue weighted by Crippen LogP contribution is 2.50. The molecule has 0 bridgehead atoms. The van der Waals surface area contributed by atoms with Crippen LogP contribution in [0, 0.1) is 0 Å². The Bertz CT molecular complexity index is 909. The van der Waals surface area contributed by atoms with Crippen molar-refractivity contribution in [3.63, 3.8) is 0 Å². The van der Waals surface area contributed by atoms with Crippen molar-refractivity contribution in [2.45, 2.75) is 51.2 Å². The lowest BCUT2D eigenvalue weighted by Crippen LogP contribution is -2.53. The Balaban J connectivity index is 0.00000166. The van der Waals surface area contributed by atoms with Crippen molar-refractivity contribution < 1.29 is 36.2 Å². The van der Waals surface area contributed by atoms with E-state index in [4.69, 9.17) is 5.73 Å². The molecule has 0 saturated heterocycles. The normalized spacial score (nSPS) is 14.6. The number of hydrogen-bond donors (Lipinski definition) is 2. The lowest BCUT2D eigenvalue weighted by Gasteiger charge is -2.33. The van der Waals surface area contributed by atoms with Gasteiger partial charge in [-0.1, -0.05) is 38.1 Å². The number of halogens is 6. The summed E-state index contributed by atoms with van der Waals surface area (Å²) in [5.41, 5.74) is 1.63. The Morgan fingerprint density at radius 1 is 0.935 bits per heavy atom. The van der Waals surface area contributed by atoms with E-state index in [2.05, 4.69) is 0 Å². The maximum Gasteiger partial charge on any atom is 0.430 e. The maximum atomic E-state index is 13.0. The van der Waals surface area contributed by atoms with Crippen molar-refractivity contribution >= 4 is 17.3 Å². The highest BCUT2D eigenvalue weighted by Gasteiger charge is 2.71. The summed E-state index contributed by atoms with van der Waals surface area (Å²) in [5, 5.41) is 9.44. The van der Waals surface area contributed by atoms with Crippen LogP contribution in [0.15, 0.2) is 42.5 Å². The molecule has 0 atom stereocenters. The first-order valence-electron chi connectivity index (χ1n) is 9.48. The molecule has 0 fully saturated rings. The summed E-state index contributed by atoms with van der Waals surface area (Å²) in [4.78, 5) is 13.7. The van der Waals surface area contributed by atoms with Crippen molar-refractivity contribution in [2.75, 3.05) is 10.6 Å². The Morgan fingerprint density at radius 2 is 1.48 bits per heavy atom. The van der Waals surface area contributed by atoms with Gasteiger partial charge in [0.15, 0.2) is 0 Å². The number of nitrogens with two attached hydrogens (primary N) is 1. The van der Waals surface area contributed by atoms with E-state index in [0.29, 0.717) is 35.5 Å². The van der Waals surface area contributed by atoms with Gasteiger partial charge in [0, 0.05) is 23.4 Å². The number of amides is 1. The third-order valence-corrected chi connectivity index (χ3v) is 4.84. The van der Waals surface area contributed by atoms with Crippen LogP contribution >= 0.6 is 0 Å². The Hall–Kier alpha value is -2.75. The van der Waals surface area contributed by atoms with Crippen molar-refractivity contribution in [3.05, 3.63) is 59.2 Å². The molecule has 2 aromatic rings. The average Bonchev–Trinajstić information content (AvgIpc) is 2.70. The predicted octanol–water partition coefficient (Wildman–Crippen LogP) is 5.09. The quantitative estimate of drug-likeness (QED) is 0.508. The zero-order valence-corrected chi connectivity index (χ0v) is 16.8. The van der Waals surface area contributed by atoms with Gasteiger partial charge < -0.3 is 15.7 Å². The molecule has 3 N–H and O–H groups in total. The number of nitrogens with zero attached hydrogens (tertiary/aromatic N) is 1. The van der Waals surface area contributed by atoms with Gasteiger partial charge in [0.1, 0.15) is 0 Å². The fourth-order valence-electron chi connectivity index (χ4n) is 3.28. The smallest absolute Gasteiger partial charge is 0.399 e. The molecule has 1 heterocycles. The number of rotatable bonds is 3. The molecular weight excluding hydrogens is 426 g/mol. The van der Waals surface area contributed by atoms with Crippen LogP contribution in [0.1, 0.15) is 37.0 Å².